The van der Waals surface area contributed by atoms with E-state index in [4.69, 9.17) is 9.47 Å². The standard InChI is InChI=1S/C26H40N2O6/c1-8-10-11-15-33-23(32)19-18-21(30)28(17(3)16-29)20(26(18)13-12-25(19,7)34-26)22(31)27(14-9-2)24(4,5)6/h8-9,17-20,29H,1-2,10-16H2,3-7H3/t17-,18+,19-,20?,25+,26?/m1/s1. The van der Waals surface area contributed by atoms with Crippen LogP contribution in [-0.4, -0.2) is 81.3 Å². The molecule has 0 aliphatic carbocycles. The van der Waals surface area contributed by atoms with E-state index < -0.39 is 46.6 Å². The van der Waals surface area contributed by atoms with Gasteiger partial charge in [-0.25, -0.2) is 0 Å². The lowest BCUT2D eigenvalue weighted by atomic mass is 9.66. The number of hydrogen-bond donors (Lipinski definition) is 1. The second-order valence-electron chi connectivity index (χ2n) is 11.0. The third-order valence-electron chi connectivity index (χ3n) is 7.63. The number of ether oxygens (including phenoxy) is 2. The van der Waals surface area contributed by atoms with E-state index in [1.54, 1.807) is 24.0 Å². The normalized spacial score (nSPS) is 32.9. The molecule has 1 N–H and O–H groups in total. The summed E-state index contributed by atoms with van der Waals surface area (Å²) in [5.74, 6) is -2.68. The Labute approximate surface area is 202 Å². The molecule has 6 atom stereocenters. The summed E-state index contributed by atoms with van der Waals surface area (Å²) in [6, 6.07) is -1.54. The Bertz CT molecular complexity index is 851. The van der Waals surface area contributed by atoms with Gasteiger partial charge in [0.25, 0.3) is 0 Å². The van der Waals surface area contributed by atoms with E-state index in [1.165, 1.54) is 4.90 Å². The lowest BCUT2D eigenvalue weighted by Gasteiger charge is -2.43. The van der Waals surface area contributed by atoms with Crippen LogP contribution in [-0.2, 0) is 23.9 Å². The van der Waals surface area contributed by atoms with Crippen LogP contribution in [0, 0.1) is 11.8 Å². The molecule has 8 heteroatoms. The van der Waals surface area contributed by atoms with Crippen LogP contribution in [0.3, 0.4) is 0 Å². The second kappa shape index (κ2) is 9.46. The van der Waals surface area contributed by atoms with Gasteiger partial charge >= 0.3 is 5.97 Å². The van der Waals surface area contributed by atoms with E-state index in [0.29, 0.717) is 25.8 Å². The van der Waals surface area contributed by atoms with E-state index in [1.807, 2.05) is 27.7 Å². The monoisotopic (exact) mass is 476 g/mol. The number of aliphatic hydroxyl groups excluding tert-OH is 1. The van der Waals surface area contributed by atoms with Gasteiger partial charge < -0.3 is 24.4 Å². The third kappa shape index (κ3) is 4.09. The molecule has 34 heavy (non-hydrogen) atoms. The Hall–Kier alpha value is -2.19. The van der Waals surface area contributed by atoms with Crippen LogP contribution >= 0.6 is 0 Å². The SMILES string of the molecule is C=CCCCOC(=O)[C@H]1[C@H]2C(=O)N([C@H](C)CO)C(C(=O)N(CC=C)C(C)(C)C)C23CC[C@]1(C)O3. The summed E-state index contributed by atoms with van der Waals surface area (Å²) in [6.45, 7) is 17.1. The number of allylic oxidation sites excluding steroid dienone is 1. The average Bonchev–Trinajstić information content (AvgIpc) is 3.34. The predicted molar refractivity (Wildman–Crippen MR) is 128 cm³/mol. The van der Waals surface area contributed by atoms with Crippen LogP contribution in [0.4, 0.5) is 0 Å². The van der Waals surface area contributed by atoms with Crippen molar-refractivity contribution in [2.24, 2.45) is 11.8 Å². The molecule has 3 saturated heterocycles. The number of amides is 2. The summed E-state index contributed by atoms with van der Waals surface area (Å²) in [5, 5.41) is 9.96. The zero-order valence-electron chi connectivity index (χ0n) is 21.2. The van der Waals surface area contributed by atoms with Crippen molar-refractivity contribution >= 4 is 17.8 Å². The van der Waals surface area contributed by atoms with Crippen molar-refractivity contribution in [2.75, 3.05) is 19.8 Å². The lowest BCUT2D eigenvalue weighted by molar-refractivity contribution is -0.162. The summed E-state index contributed by atoms with van der Waals surface area (Å²) in [5.41, 5.74) is -2.54. The molecule has 3 fully saturated rings. The van der Waals surface area contributed by atoms with Gasteiger partial charge in [0.05, 0.1) is 30.8 Å². The van der Waals surface area contributed by atoms with Gasteiger partial charge in [-0.05, 0) is 60.3 Å². The number of likely N-dealkylation sites (tertiary alicyclic amines) is 1. The van der Waals surface area contributed by atoms with E-state index >= 15 is 0 Å². The maximum absolute atomic E-state index is 14.1. The van der Waals surface area contributed by atoms with Crippen molar-refractivity contribution in [3.63, 3.8) is 0 Å². The van der Waals surface area contributed by atoms with E-state index in [2.05, 4.69) is 13.2 Å². The molecule has 3 heterocycles. The summed E-state index contributed by atoms with van der Waals surface area (Å²) in [4.78, 5) is 44.4. The summed E-state index contributed by atoms with van der Waals surface area (Å²) >= 11 is 0. The molecule has 0 aromatic heterocycles. The zero-order chi connectivity index (χ0) is 25.5. The highest BCUT2D eigenvalue weighted by atomic mass is 16.6. The zero-order valence-corrected chi connectivity index (χ0v) is 21.2. The number of esters is 1. The fourth-order valence-electron chi connectivity index (χ4n) is 6.02. The van der Waals surface area contributed by atoms with Gasteiger partial charge in [0, 0.05) is 12.1 Å². The number of carbonyl (C=O) groups excluding carboxylic acids is 3. The molecule has 2 amide bonds. The van der Waals surface area contributed by atoms with Crippen LogP contribution in [0.2, 0.25) is 0 Å². The van der Waals surface area contributed by atoms with Crippen molar-refractivity contribution < 1.29 is 29.0 Å². The molecule has 3 aliphatic rings. The molecular weight excluding hydrogens is 436 g/mol. The van der Waals surface area contributed by atoms with Gasteiger partial charge in [-0.2, -0.15) is 0 Å². The highest BCUT2D eigenvalue weighted by Gasteiger charge is 2.79. The number of rotatable bonds is 10. The van der Waals surface area contributed by atoms with E-state index in [0.717, 1.165) is 6.42 Å². The first kappa shape index (κ1) is 26.4. The first-order valence-corrected chi connectivity index (χ1v) is 12.2. The molecule has 3 rings (SSSR count). The molecule has 1 spiro atoms. The van der Waals surface area contributed by atoms with Crippen LogP contribution in [0.1, 0.15) is 60.3 Å². The maximum atomic E-state index is 14.1. The van der Waals surface area contributed by atoms with Crippen molar-refractivity contribution in [3.8, 4) is 0 Å². The Kier molecular flexibility index (Phi) is 7.35. The minimum absolute atomic E-state index is 0.238. The Morgan fingerprint density at radius 1 is 1.32 bits per heavy atom. The molecule has 2 bridgehead atoms. The van der Waals surface area contributed by atoms with Crippen LogP contribution < -0.4 is 0 Å². The van der Waals surface area contributed by atoms with E-state index in [-0.39, 0.29) is 25.0 Å². The van der Waals surface area contributed by atoms with Crippen molar-refractivity contribution in [1.29, 1.82) is 0 Å². The highest BCUT2D eigenvalue weighted by molar-refractivity contribution is 5.99. The number of nitrogens with zero attached hydrogens (tertiary/aromatic N) is 2. The topological polar surface area (TPSA) is 96.4 Å². The summed E-state index contributed by atoms with van der Waals surface area (Å²) < 4.78 is 12.1. The number of unbranched alkanes of at least 4 members (excludes halogenated alkanes) is 1. The second-order valence-corrected chi connectivity index (χ2v) is 11.0. The lowest BCUT2D eigenvalue weighted by Crippen LogP contribution is -2.61. The summed E-state index contributed by atoms with van der Waals surface area (Å²) in [7, 11) is 0. The molecule has 0 aromatic carbocycles. The average molecular weight is 477 g/mol. The molecule has 8 nitrogen and oxygen atoms in total. The highest BCUT2D eigenvalue weighted by Crippen LogP contribution is 2.63. The molecule has 2 unspecified atom stereocenters. The number of aliphatic hydroxyl groups is 1. The Balaban J connectivity index is 2.04. The minimum Gasteiger partial charge on any atom is -0.465 e. The van der Waals surface area contributed by atoms with Gasteiger partial charge in [0.15, 0.2) is 0 Å². The van der Waals surface area contributed by atoms with Crippen molar-refractivity contribution in [1.82, 2.24) is 9.80 Å². The van der Waals surface area contributed by atoms with Crippen molar-refractivity contribution in [2.45, 2.75) is 89.1 Å². The largest absolute Gasteiger partial charge is 0.465 e. The van der Waals surface area contributed by atoms with Gasteiger partial charge in [-0.15, -0.1) is 13.2 Å². The van der Waals surface area contributed by atoms with Gasteiger partial charge in [-0.1, -0.05) is 12.2 Å². The fraction of sp³-hybridized carbons (Fsp3) is 0.731. The van der Waals surface area contributed by atoms with Crippen LogP contribution in [0.25, 0.3) is 0 Å². The van der Waals surface area contributed by atoms with E-state index in [9.17, 15) is 19.5 Å². The Morgan fingerprint density at radius 2 is 2.00 bits per heavy atom. The third-order valence-corrected chi connectivity index (χ3v) is 7.63. The first-order chi connectivity index (χ1) is 15.9. The van der Waals surface area contributed by atoms with Gasteiger partial charge in [-0.3, -0.25) is 14.4 Å². The molecule has 0 aromatic rings. The van der Waals surface area contributed by atoms with Crippen LogP contribution in [0.15, 0.2) is 25.3 Å². The summed E-state index contributed by atoms with van der Waals surface area (Å²) in [6.07, 6.45) is 5.83. The number of fused-ring (bicyclic) bond motifs is 1. The van der Waals surface area contributed by atoms with Gasteiger partial charge in [0.2, 0.25) is 11.8 Å². The van der Waals surface area contributed by atoms with Crippen LogP contribution in [0.5, 0.6) is 0 Å². The number of hydrogen-bond acceptors (Lipinski definition) is 6. The fourth-order valence-corrected chi connectivity index (χ4v) is 6.02. The maximum Gasteiger partial charge on any atom is 0.312 e. The van der Waals surface area contributed by atoms with Gasteiger partial charge in [0.1, 0.15) is 17.6 Å². The molecule has 190 valence electrons. The smallest absolute Gasteiger partial charge is 0.312 e. The predicted octanol–water partition coefficient (Wildman–Crippen LogP) is 2.45. The molecular formula is C26H40N2O6. The minimum atomic E-state index is -1.14. The molecule has 0 saturated carbocycles. The van der Waals surface area contributed by atoms with Crippen molar-refractivity contribution in [3.05, 3.63) is 25.3 Å². The first-order valence-electron chi connectivity index (χ1n) is 12.2. The number of carbonyl (C=O) groups is 3. The molecule has 3 aliphatic heterocycles. The molecule has 0 radical (unpaired) electrons. The quantitative estimate of drug-likeness (QED) is 0.296. The Morgan fingerprint density at radius 3 is 2.56 bits per heavy atom.